The molecular formula is C11H13ClN4O2. The molecule has 1 aromatic rings. The first-order valence-electron chi connectivity index (χ1n) is 5.51. The number of hydrogen-bond acceptors (Lipinski definition) is 5. The minimum absolute atomic E-state index is 0.0868. The second-order valence-electron chi connectivity index (χ2n) is 4.28. The number of halogens is 1. The number of imide groups is 1. The fourth-order valence-corrected chi connectivity index (χ4v) is 1.99. The van der Waals surface area contributed by atoms with Crippen LogP contribution in [0.15, 0.2) is 0 Å². The van der Waals surface area contributed by atoms with E-state index >= 15 is 0 Å². The normalized spacial score (nSPS) is 20.0. The van der Waals surface area contributed by atoms with Gasteiger partial charge in [0.05, 0.1) is 6.54 Å². The van der Waals surface area contributed by atoms with Crippen molar-refractivity contribution >= 4 is 29.2 Å². The van der Waals surface area contributed by atoms with E-state index in [4.69, 9.17) is 11.6 Å². The minimum Gasteiger partial charge on any atom is -0.334 e. The van der Waals surface area contributed by atoms with E-state index in [0.29, 0.717) is 11.0 Å². The van der Waals surface area contributed by atoms with Gasteiger partial charge in [-0.2, -0.15) is 0 Å². The van der Waals surface area contributed by atoms with Crippen molar-refractivity contribution in [1.82, 2.24) is 15.5 Å². The summed E-state index contributed by atoms with van der Waals surface area (Å²) >= 11 is 5.88. The quantitative estimate of drug-likeness (QED) is 0.755. The average molecular weight is 269 g/mol. The van der Waals surface area contributed by atoms with Gasteiger partial charge in [-0.25, -0.2) is 0 Å². The first-order valence-corrected chi connectivity index (χ1v) is 5.89. The minimum atomic E-state index is -0.462. The monoisotopic (exact) mass is 268 g/mol. The maximum atomic E-state index is 11.6. The number of aromatic nitrogens is 2. The van der Waals surface area contributed by atoms with Crippen LogP contribution in [0.25, 0.3) is 0 Å². The second-order valence-corrected chi connectivity index (χ2v) is 4.64. The third kappa shape index (κ3) is 2.03. The predicted molar refractivity (Wildman–Crippen MR) is 66.5 cm³/mol. The number of carbonyl (C=O) groups excluding carboxylic acids is 2. The molecule has 1 saturated heterocycles. The largest absolute Gasteiger partial charge is 0.334 e. The predicted octanol–water partition coefficient (Wildman–Crippen LogP) is 0.598. The van der Waals surface area contributed by atoms with E-state index in [2.05, 4.69) is 15.5 Å². The van der Waals surface area contributed by atoms with E-state index in [0.717, 1.165) is 11.1 Å². The summed E-state index contributed by atoms with van der Waals surface area (Å²) in [5.41, 5.74) is 1.62. The van der Waals surface area contributed by atoms with Crippen LogP contribution in [0.1, 0.15) is 18.1 Å². The lowest BCUT2D eigenvalue weighted by atomic mass is 10.1. The first kappa shape index (κ1) is 12.8. The SMILES string of the molecule is Cc1c(Cl)nnc(N2CC(=O)NC(=O)C2C)c1C. The third-order valence-electron chi connectivity index (χ3n) is 3.14. The van der Waals surface area contributed by atoms with Gasteiger partial charge in [-0.15, -0.1) is 10.2 Å². The van der Waals surface area contributed by atoms with Gasteiger partial charge in [-0.1, -0.05) is 11.6 Å². The van der Waals surface area contributed by atoms with Crippen molar-refractivity contribution in [2.75, 3.05) is 11.4 Å². The lowest BCUT2D eigenvalue weighted by Crippen LogP contribution is -2.57. The first-order chi connectivity index (χ1) is 8.41. The molecule has 0 aliphatic carbocycles. The molecule has 0 saturated carbocycles. The van der Waals surface area contributed by atoms with E-state index in [-0.39, 0.29) is 18.4 Å². The topological polar surface area (TPSA) is 75.2 Å². The molecule has 7 heteroatoms. The highest BCUT2D eigenvalue weighted by Crippen LogP contribution is 2.25. The van der Waals surface area contributed by atoms with Crippen molar-refractivity contribution in [2.24, 2.45) is 0 Å². The van der Waals surface area contributed by atoms with E-state index in [1.165, 1.54) is 0 Å². The Morgan fingerprint density at radius 3 is 2.61 bits per heavy atom. The molecular weight excluding hydrogens is 256 g/mol. The van der Waals surface area contributed by atoms with Crippen molar-refractivity contribution in [3.8, 4) is 0 Å². The zero-order valence-corrected chi connectivity index (χ0v) is 11.1. The summed E-state index contributed by atoms with van der Waals surface area (Å²) in [4.78, 5) is 24.7. The third-order valence-corrected chi connectivity index (χ3v) is 3.49. The fourth-order valence-electron chi connectivity index (χ4n) is 1.81. The molecule has 2 amide bonds. The lowest BCUT2D eigenvalue weighted by molar-refractivity contribution is -0.132. The molecule has 0 bridgehead atoms. The summed E-state index contributed by atoms with van der Waals surface area (Å²) in [6.45, 7) is 5.47. The number of hydrogen-bond donors (Lipinski definition) is 1. The van der Waals surface area contributed by atoms with E-state index in [1.807, 2.05) is 13.8 Å². The van der Waals surface area contributed by atoms with Crippen LogP contribution in [-0.2, 0) is 9.59 Å². The Bertz CT molecular complexity index is 532. The second kappa shape index (κ2) is 4.53. The van der Waals surface area contributed by atoms with Crippen LogP contribution in [-0.4, -0.2) is 34.6 Å². The highest BCUT2D eigenvalue weighted by atomic mass is 35.5. The number of nitrogens with one attached hydrogen (secondary N) is 1. The molecule has 1 aromatic heterocycles. The van der Waals surface area contributed by atoms with Crippen molar-refractivity contribution in [3.63, 3.8) is 0 Å². The molecule has 6 nitrogen and oxygen atoms in total. The van der Waals surface area contributed by atoms with Crippen LogP contribution in [0.3, 0.4) is 0 Å². The van der Waals surface area contributed by atoms with Crippen molar-refractivity contribution in [2.45, 2.75) is 26.8 Å². The van der Waals surface area contributed by atoms with Crippen LogP contribution < -0.4 is 10.2 Å². The average Bonchev–Trinajstić information content (AvgIpc) is 2.31. The summed E-state index contributed by atoms with van der Waals surface area (Å²) in [7, 11) is 0. The molecule has 0 aromatic carbocycles. The van der Waals surface area contributed by atoms with Gasteiger partial charge < -0.3 is 4.90 Å². The lowest BCUT2D eigenvalue weighted by Gasteiger charge is -2.33. The van der Waals surface area contributed by atoms with Crippen LogP contribution in [0.4, 0.5) is 5.82 Å². The maximum Gasteiger partial charge on any atom is 0.249 e. The van der Waals surface area contributed by atoms with Gasteiger partial charge in [0.15, 0.2) is 11.0 Å². The van der Waals surface area contributed by atoms with Crippen LogP contribution in [0, 0.1) is 13.8 Å². The zero-order chi connectivity index (χ0) is 13.4. The Kier molecular flexibility index (Phi) is 3.21. The van der Waals surface area contributed by atoms with Crippen molar-refractivity contribution in [3.05, 3.63) is 16.3 Å². The summed E-state index contributed by atoms with van der Waals surface area (Å²) < 4.78 is 0. The molecule has 1 N–H and O–H groups in total. The van der Waals surface area contributed by atoms with Gasteiger partial charge in [0.25, 0.3) is 0 Å². The van der Waals surface area contributed by atoms with Gasteiger partial charge in [0.2, 0.25) is 11.8 Å². The summed E-state index contributed by atoms with van der Waals surface area (Å²) in [5.74, 6) is -0.153. The Morgan fingerprint density at radius 1 is 1.28 bits per heavy atom. The molecule has 2 rings (SSSR count). The molecule has 2 heterocycles. The van der Waals surface area contributed by atoms with Crippen LogP contribution in [0.2, 0.25) is 5.15 Å². The van der Waals surface area contributed by atoms with Crippen molar-refractivity contribution < 1.29 is 9.59 Å². The van der Waals surface area contributed by atoms with Crippen LogP contribution in [0.5, 0.6) is 0 Å². The van der Waals surface area contributed by atoms with Gasteiger partial charge in [0, 0.05) is 0 Å². The summed E-state index contributed by atoms with van der Waals surface area (Å²) in [6, 6.07) is -0.462. The Morgan fingerprint density at radius 2 is 1.94 bits per heavy atom. The molecule has 18 heavy (non-hydrogen) atoms. The standard InChI is InChI=1S/C11H13ClN4O2/c1-5-6(2)10(15-14-9(5)12)16-4-8(17)13-11(18)7(16)3/h7H,4H2,1-3H3,(H,13,17,18). The molecule has 96 valence electrons. The number of carbonyl (C=O) groups is 2. The van der Waals surface area contributed by atoms with Crippen molar-refractivity contribution in [1.29, 1.82) is 0 Å². The molecule has 1 aliphatic rings. The number of nitrogens with zero attached hydrogens (tertiary/aromatic N) is 3. The highest BCUT2D eigenvalue weighted by Gasteiger charge is 2.32. The zero-order valence-electron chi connectivity index (χ0n) is 10.3. The van der Waals surface area contributed by atoms with Gasteiger partial charge in [-0.3, -0.25) is 14.9 Å². The molecule has 1 unspecified atom stereocenters. The Labute approximate surface area is 109 Å². The fraction of sp³-hybridized carbons (Fsp3) is 0.455. The summed E-state index contributed by atoms with van der Waals surface area (Å²) in [5, 5.41) is 10.4. The number of rotatable bonds is 1. The molecule has 0 radical (unpaired) electrons. The Balaban J connectivity index is 2.45. The molecule has 1 aliphatic heterocycles. The van der Waals surface area contributed by atoms with E-state index < -0.39 is 6.04 Å². The van der Waals surface area contributed by atoms with Gasteiger partial charge in [-0.05, 0) is 31.9 Å². The molecule has 0 spiro atoms. The highest BCUT2D eigenvalue weighted by molar-refractivity contribution is 6.30. The van der Waals surface area contributed by atoms with Gasteiger partial charge in [0.1, 0.15) is 6.04 Å². The number of anilines is 1. The van der Waals surface area contributed by atoms with E-state index in [1.54, 1.807) is 11.8 Å². The maximum absolute atomic E-state index is 11.6. The van der Waals surface area contributed by atoms with Crippen LogP contribution >= 0.6 is 11.6 Å². The summed E-state index contributed by atoms with van der Waals surface area (Å²) in [6.07, 6.45) is 0. The smallest absolute Gasteiger partial charge is 0.249 e. The van der Waals surface area contributed by atoms with E-state index in [9.17, 15) is 9.59 Å². The number of amides is 2. The molecule has 1 atom stereocenters. The Hall–Kier alpha value is -1.69. The number of piperazine rings is 1. The van der Waals surface area contributed by atoms with Gasteiger partial charge >= 0.3 is 0 Å². The molecule has 1 fully saturated rings.